The fraction of sp³-hybridized carbons (Fsp3) is 0.250. The molecule has 0 bridgehead atoms. The lowest BCUT2D eigenvalue weighted by atomic mass is 10.1. The summed E-state index contributed by atoms with van der Waals surface area (Å²) in [6.07, 6.45) is 0. The predicted octanol–water partition coefficient (Wildman–Crippen LogP) is 5.34. The number of carbonyl (C=O) groups excluding carboxylic acids is 1. The van der Waals surface area contributed by atoms with Gasteiger partial charge in [-0.25, -0.2) is 0 Å². The van der Waals surface area contributed by atoms with E-state index >= 15 is 0 Å². The molecular formula is C20H21ClN2OS2. The Labute approximate surface area is 167 Å². The molecule has 1 unspecified atom stereocenters. The van der Waals surface area contributed by atoms with Gasteiger partial charge in [0.2, 0.25) is 5.91 Å². The first-order valence-electron chi connectivity index (χ1n) is 8.42. The van der Waals surface area contributed by atoms with E-state index in [1.54, 1.807) is 22.7 Å². The van der Waals surface area contributed by atoms with E-state index in [2.05, 4.69) is 33.1 Å². The molecule has 136 valence electrons. The molecule has 0 spiro atoms. The summed E-state index contributed by atoms with van der Waals surface area (Å²) in [5.74, 6) is 0.0191. The van der Waals surface area contributed by atoms with Crippen LogP contribution in [0.15, 0.2) is 59.3 Å². The van der Waals surface area contributed by atoms with Crippen molar-refractivity contribution in [2.45, 2.75) is 26.1 Å². The maximum absolute atomic E-state index is 12.6. The minimum atomic E-state index is -0.0773. The lowest BCUT2D eigenvalue weighted by molar-refractivity contribution is -0.123. The molecule has 6 heteroatoms. The van der Waals surface area contributed by atoms with E-state index in [-0.39, 0.29) is 11.9 Å². The summed E-state index contributed by atoms with van der Waals surface area (Å²) in [7, 11) is 0. The number of carbonyl (C=O) groups is 1. The van der Waals surface area contributed by atoms with Gasteiger partial charge in [0, 0.05) is 27.9 Å². The molecule has 1 N–H and O–H groups in total. The molecule has 1 atom stereocenters. The summed E-state index contributed by atoms with van der Waals surface area (Å²) >= 11 is 9.49. The van der Waals surface area contributed by atoms with Crippen molar-refractivity contribution in [3.63, 3.8) is 0 Å². The van der Waals surface area contributed by atoms with Crippen molar-refractivity contribution in [1.82, 2.24) is 10.2 Å². The van der Waals surface area contributed by atoms with Gasteiger partial charge in [0.1, 0.15) is 0 Å². The molecular weight excluding hydrogens is 384 g/mol. The third-order valence-electron chi connectivity index (χ3n) is 4.01. The van der Waals surface area contributed by atoms with Crippen LogP contribution in [0, 0.1) is 0 Å². The van der Waals surface area contributed by atoms with Crippen LogP contribution in [0.2, 0.25) is 5.02 Å². The number of nitrogens with zero attached hydrogens (tertiary/aromatic N) is 1. The number of rotatable bonds is 8. The minimum Gasteiger partial charge on any atom is -0.348 e. The first-order chi connectivity index (χ1) is 12.6. The summed E-state index contributed by atoms with van der Waals surface area (Å²) in [5.41, 5.74) is 1.01. The van der Waals surface area contributed by atoms with E-state index < -0.39 is 0 Å². The van der Waals surface area contributed by atoms with Crippen molar-refractivity contribution in [2.24, 2.45) is 0 Å². The summed E-state index contributed by atoms with van der Waals surface area (Å²) in [4.78, 5) is 17.3. The largest absolute Gasteiger partial charge is 0.348 e. The third-order valence-corrected chi connectivity index (χ3v) is 5.97. The van der Waals surface area contributed by atoms with Crippen LogP contribution in [0.1, 0.15) is 28.3 Å². The van der Waals surface area contributed by atoms with E-state index in [4.69, 9.17) is 11.6 Å². The summed E-state index contributed by atoms with van der Waals surface area (Å²) in [6.45, 7) is 3.89. The SMILES string of the molecule is CC(NC(=O)CN(Cc1cccs1)Cc1cccs1)c1cccc(Cl)c1. The van der Waals surface area contributed by atoms with Gasteiger partial charge in [-0.3, -0.25) is 9.69 Å². The Balaban J connectivity index is 1.62. The molecule has 2 heterocycles. The second kappa shape index (κ2) is 9.33. The zero-order valence-corrected chi connectivity index (χ0v) is 16.9. The molecule has 0 aliphatic carbocycles. The van der Waals surface area contributed by atoms with Gasteiger partial charge >= 0.3 is 0 Å². The molecule has 1 amide bonds. The van der Waals surface area contributed by atoms with Crippen molar-refractivity contribution in [2.75, 3.05) is 6.54 Å². The first kappa shape index (κ1) is 19.1. The zero-order chi connectivity index (χ0) is 18.4. The van der Waals surface area contributed by atoms with Crippen LogP contribution in [-0.2, 0) is 17.9 Å². The Morgan fingerprint density at radius 2 is 1.73 bits per heavy atom. The summed E-state index contributed by atoms with van der Waals surface area (Å²) < 4.78 is 0. The molecule has 3 nitrogen and oxygen atoms in total. The molecule has 2 aromatic heterocycles. The maximum Gasteiger partial charge on any atom is 0.234 e. The molecule has 26 heavy (non-hydrogen) atoms. The zero-order valence-electron chi connectivity index (χ0n) is 14.5. The molecule has 0 fully saturated rings. The normalized spacial score (nSPS) is 12.3. The molecule has 0 aliphatic heterocycles. The average molecular weight is 405 g/mol. The molecule has 0 radical (unpaired) electrons. The number of halogens is 1. The molecule has 1 aromatic carbocycles. The van der Waals surface area contributed by atoms with Crippen molar-refractivity contribution in [1.29, 1.82) is 0 Å². The number of hydrogen-bond acceptors (Lipinski definition) is 4. The maximum atomic E-state index is 12.6. The molecule has 0 aliphatic rings. The van der Waals surface area contributed by atoms with Crippen LogP contribution in [-0.4, -0.2) is 17.4 Å². The fourth-order valence-corrected chi connectivity index (χ4v) is 4.45. The first-order valence-corrected chi connectivity index (χ1v) is 10.6. The van der Waals surface area contributed by atoms with Gasteiger partial charge < -0.3 is 5.32 Å². The lowest BCUT2D eigenvalue weighted by Crippen LogP contribution is -2.37. The second-order valence-corrected chi connectivity index (χ2v) is 8.65. The minimum absolute atomic E-state index is 0.0191. The van der Waals surface area contributed by atoms with Crippen LogP contribution < -0.4 is 5.32 Å². The third kappa shape index (κ3) is 5.68. The van der Waals surface area contributed by atoms with Gasteiger partial charge in [0.25, 0.3) is 0 Å². The molecule has 3 aromatic rings. The van der Waals surface area contributed by atoms with Crippen LogP contribution in [0.4, 0.5) is 0 Å². The summed E-state index contributed by atoms with van der Waals surface area (Å²) in [6, 6.07) is 15.8. The van der Waals surface area contributed by atoms with Crippen LogP contribution in [0.5, 0.6) is 0 Å². The number of benzene rings is 1. The lowest BCUT2D eigenvalue weighted by Gasteiger charge is -2.22. The Morgan fingerprint density at radius 1 is 1.08 bits per heavy atom. The highest BCUT2D eigenvalue weighted by Crippen LogP contribution is 2.19. The van der Waals surface area contributed by atoms with Crippen molar-refractivity contribution in [3.8, 4) is 0 Å². The standard InChI is InChI=1S/C20H21ClN2OS2/c1-15(16-5-2-6-17(21)11-16)22-20(24)14-23(12-18-7-3-9-25-18)13-19-8-4-10-26-19/h2-11,15H,12-14H2,1H3,(H,22,24). The van der Waals surface area contributed by atoms with Crippen LogP contribution in [0.25, 0.3) is 0 Å². The number of nitrogens with one attached hydrogen (secondary N) is 1. The fourth-order valence-electron chi connectivity index (χ4n) is 2.76. The topological polar surface area (TPSA) is 32.3 Å². The van der Waals surface area contributed by atoms with E-state index in [0.29, 0.717) is 11.6 Å². The average Bonchev–Trinajstić information content (AvgIpc) is 3.28. The Morgan fingerprint density at radius 3 is 2.27 bits per heavy atom. The van der Waals surface area contributed by atoms with E-state index in [9.17, 15) is 4.79 Å². The second-order valence-electron chi connectivity index (χ2n) is 6.15. The number of amides is 1. The quantitative estimate of drug-likeness (QED) is 0.549. The van der Waals surface area contributed by atoms with E-state index in [1.807, 2.05) is 43.3 Å². The van der Waals surface area contributed by atoms with Crippen molar-refractivity contribution in [3.05, 3.63) is 79.6 Å². The number of hydrogen-bond donors (Lipinski definition) is 1. The Kier molecular flexibility index (Phi) is 6.86. The van der Waals surface area contributed by atoms with E-state index in [1.165, 1.54) is 9.75 Å². The van der Waals surface area contributed by atoms with Gasteiger partial charge in [0.05, 0.1) is 12.6 Å². The van der Waals surface area contributed by atoms with E-state index in [0.717, 1.165) is 18.7 Å². The Bertz CT molecular complexity index is 782. The summed E-state index contributed by atoms with van der Waals surface area (Å²) in [5, 5.41) is 7.90. The smallest absolute Gasteiger partial charge is 0.234 e. The molecule has 0 saturated carbocycles. The van der Waals surface area contributed by atoms with Gasteiger partial charge in [-0.15, -0.1) is 22.7 Å². The van der Waals surface area contributed by atoms with Gasteiger partial charge in [-0.2, -0.15) is 0 Å². The van der Waals surface area contributed by atoms with Crippen LogP contribution >= 0.6 is 34.3 Å². The van der Waals surface area contributed by atoms with Gasteiger partial charge in [0.15, 0.2) is 0 Å². The van der Waals surface area contributed by atoms with Gasteiger partial charge in [-0.05, 0) is 47.5 Å². The molecule has 0 saturated heterocycles. The highest BCUT2D eigenvalue weighted by molar-refractivity contribution is 7.10. The van der Waals surface area contributed by atoms with Crippen molar-refractivity contribution < 1.29 is 4.79 Å². The van der Waals surface area contributed by atoms with Gasteiger partial charge in [-0.1, -0.05) is 35.9 Å². The monoisotopic (exact) mass is 404 g/mol. The van der Waals surface area contributed by atoms with Crippen LogP contribution in [0.3, 0.4) is 0 Å². The Hall–Kier alpha value is -1.66. The predicted molar refractivity (Wildman–Crippen MR) is 111 cm³/mol. The highest BCUT2D eigenvalue weighted by atomic mass is 35.5. The van der Waals surface area contributed by atoms with Crippen molar-refractivity contribution >= 4 is 40.2 Å². The molecule has 3 rings (SSSR count). The highest BCUT2D eigenvalue weighted by Gasteiger charge is 2.16. The number of thiophene rings is 2.